The highest BCUT2D eigenvalue weighted by atomic mass is 35.5. The number of nitrogens with zero attached hydrogens (tertiary/aromatic N) is 1. The third-order valence-corrected chi connectivity index (χ3v) is 4.39. The number of anilines is 1. The molecule has 2 atom stereocenters. The Kier molecular flexibility index (Phi) is 4.35. The number of hydrogen-bond acceptors (Lipinski definition) is 2. The SMILES string of the molecule is CN1C(=O)CC(C(=O)Nc2cccc(Cl)c2)C1c1ccccc1. The summed E-state index contributed by atoms with van der Waals surface area (Å²) in [7, 11) is 1.74. The van der Waals surface area contributed by atoms with E-state index in [1.807, 2.05) is 30.3 Å². The maximum atomic E-state index is 12.7. The second kappa shape index (κ2) is 6.42. The molecule has 1 saturated heterocycles. The van der Waals surface area contributed by atoms with Gasteiger partial charge in [-0.05, 0) is 23.8 Å². The van der Waals surface area contributed by atoms with E-state index in [-0.39, 0.29) is 24.3 Å². The maximum absolute atomic E-state index is 12.7. The van der Waals surface area contributed by atoms with E-state index < -0.39 is 5.92 Å². The second-order valence-electron chi connectivity index (χ2n) is 5.67. The maximum Gasteiger partial charge on any atom is 0.230 e. The van der Waals surface area contributed by atoms with Crippen molar-refractivity contribution >= 4 is 29.1 Å². The van der Waals surface area contributed by atoms with Crippen molar-refractivity contribution in [3.63, 3.8) is 0 Å². The quantitative estimate of drug-likeness (QED) is 0.937. The molecule has 0 bridgehead atoms. The van der Waals surface area contributed by atoms with Crippen LogP contribution in [0.1, 0.15) is 18.0 Å². The van der Waals surface area contributed by atoms with Gasteiger partial charge in [0.1, 0.15) is 0 Å². The number of halogens is 1. The molecular formula is C18H17ClN2O2. The summed E-state index contributed by atoms with van der Waals surface area (Å²) in [6.07, 6.45) is 0.211. The number of carbonyl (C=O) groups excluding carboxylic acids is 2. The Bertz CT molecular complexity index is 733. The molecule has 1 heterocycles. The second-order valence-corrected chi connectivity index (χ2v) is 6.11. The van der Waals surface area contributed by atoms with E-state index in [0.717, 1.165) is 5.56 Å². The molecule has 1 aliphatic heterocycles. The lowest BCUT2D eigenvalue weighted by molar-refractivity contribution is -0.127. The topological polar surface area (TPSA) is 49.4 Å². The standard InChI is InChI=1S/C18H17ClN2O2/c1-21-16(22)11-15(17(21)12-6-3-2-4-7-12)18(23)20-14-9-5-8-13(19)10-14/h2-10,15,17H,11H2,1H3,(H,20,23). The van der Waals surface area contributed by atoms with E-state index in [1.165, 1.54) is 0 Å². The minimum Gasteiger partial charge on any atom is -0.338 e. The van der Waals surface area contributed by atoms with Gasteiger partial charge in [-0.1, -0.05) is 48.0 Å². The fourth-order valence-corrected chi connectivity index (χ4v) is 3.20. The summed E-state index contributed by atoms with van der Waals surface area (Å²) in [6, 6.07) is 16.4. The van der Waals surface area contributed by atoms with E-state index in [1.54, 1.807) is 36.2 Å². The first-order chi connectivity index (χ1) is 11.1. The molecule has 1 fully saturated rings. The van der Waals surface area contributed by atoms with Crippen molar-refractivity contribution < 1.29 is 9.59 Å². The first-order valence-corrected chi connectivity index (χ1v) is 7.81. The molecule has 1 N–H and O–H groups in total. The third kappa shape index (κ3) is 3.22. The highest BCUT2D eigenvalue weighted by Gasteiger charge is 2.42. The molecule has 2 unspecified atom stereocenters. The lowest BCUT2D eigenvalue weighted by atomic mass is 9.93. The van der Waals surface area contributed by atoms with Crippen LogP contribution in [0.15, 0.2) is 54.6 Å². The molecule has 1 aliphatic rings. The fraction of sp³-hybridized carbons (Fsp3) is 0.222. The first-order valence-electron chi connectivity index (χ1n) is 7.43. The lowest BCUT2D eigenvalue weighted by Gasteiger charge is -2.25. The summed E-state index contributed by atoms with van der Waals surface area (Å²) in [4.78, 5) is 26.4. The van der Waals surface area contributed by atoms with Gasteiger partial charge < -0.3 is 10.2 Å². The van der Waals surface area contributed by atoms with Crippen LogP contribution in [0.25, 0.3) is 0 Å². The summed E-state index contributed by atoms with van der Waals surface area (Å²) >= 11 is 5.95. The zero-order chi connectivity index (χ0) is 16.4. The van der Waals surface area contributed by atoms with Crippen LogP contribution in [0.4, 0.5) is 5.69 Å². The van der Waals surface area contributed by atoms with Crippen molar-refractivity contribution in [2.75, 3.05) is 12.4 Å². The van der Waals surface area contributed by atoms with Gasteiger partial charge in [-0.3, -0.25) is 9.59 Å². The predicted octanol–water partition coefficient (Wildman–Crippen LogP) is 3.50. The molecule has 0 aromatic heterocycles. The smallest absolute Gasteiger partial charge is 0.230 e. The van der Waals surface area contributed by atoms with Crippen LogP contribution in [0.2, 0.25) is 5.02 Å². The molecule has 2 aromatic carbocycles. The normalized spacial score (nSPS) is 20.6. The Labute approximate surface area is 140 Å². The van der Waals surface area contributed by atoms with Gasteiger partial charge in [0.25, 0.3) is 0 Å². The molecule has 23 heavy (non-hydrogen) atoms. The number of benzene rings is 2. The summed E-state index contributed by atoms with van der Waals surface area (Å²) < 4.78 is 0. The Morgan fingerprint density at radius 1 is 1.17 bits per heavy atom. The predicted molar refractivity (Wildman–Crippen MR) is 90.1 cm³/mol. The van der Waals surface area contributed by atoms with Crippen LogP contribution >= 0.6 is 11.6 Å². The van der Waals surface area contributed by atoms with Crippen LogP contribution in [0, 0.1) is 5.92 Å². The van der Waals surface area contributed by atoms with Gasteiger partial charge in [0.05, 0.1) is 12.0 Å². The molecule has 118 valence electrons. The lowest BCUT2D eigenvalue weighted by Crippen LogP contribution is -2.30. The van der Waals surface area contributed by atoms with E-state index >= 15 is 0 Å². The highest BCUT2D eigenvalue weighted by molar-refractivity contribution is 6.30. The number of amides is 2. The zero-order valence-corrected chi connectivity index (χ0v) is 13.5. The summed E-state index contributed by atoms with van der Waals surface area (Å²) in [5, 5.41) is 3.42. The van der Waals surface area contributed by atoms with E-state index in [9.17, 15) is 9.59 Å². The Morgan fingerprint density at radius 3 is 2.61 bits per heavy atom. The molecule has 5 heteroatoms. The van der Waals surface area contributed by atoms with Crippen LogP contribution < -0.4 is 5.32 Å². The molecule has 2 aromatic rings. The summed E-state index contributed by atoms with van der Waals surface area (Å²) in [5.74, 6) is -0.613. The van der Waals surface area contributed by atoms with Crippen molar-refractivity contribution in [2.24, 2.45) is 5.92 Å². The molecule has 0 spiro atoms. The van der Waals surface area contributed by atoms with Crippen LogP contribution in [-0.2, 0) is 9.59 Å². The number of hydrogen-bond donors (Lipinski definition) is 1. The largest absolute Gasteiger partial charge is 0.338 e. The number of rotatable bonds is 3. The van der Waals surface area contributed by atoms with Crippen LogP contribution in [-0.4, -0.2) is 23.8 Å². The summed E-state index contributed by atoms with van der Waals surface area (Å²) in [6.45, 7) is 0. The molecule has 0 aliphatic carbocycles. The molecule has 0 saturated carbocycles. The Hall–Kier alpha value is -2.33. The fourth-order valence-electron chi connectivity index (χ4n) is 3.01. The minimum atomic E-state index is -0.422. The van der Waals surface area contributed by atoms with Crippen LogP contribution in [0.3, 0.4) is 0 Å². The zero-order valence-electron chi connectivity index (χ0n) is 12.7. The average molecular weight is 329 g/mol. The van der Waals surface area contributed by atoms with Crippen molar-refractivity contribution in [1.29, 1.82) is 0 Å². The molecule has 0 radical (unpaired) electrons. The van der Waals surface area contributed by atoms with Gasteiger partial charge in [0.15, 0.2) is 0 Å². The van der Waals surface area contributed by atoms with Gasteiger partial charge in [-0.15, -0.1) is 0 Å². The van der Waals surface area contributed by atoms with Gasteiger partial charge >= 0.3 is 0 Å². The third-order valence-electron chi connectivity index (χ3n) is 4.16. The number of likely N-dealkylation sites (tertiary alicyclic amines) is 1. The monoisotopic (exact) mass is 328 g/mol. The van der Waals surface area contributed by atoms with Crippen molar-refractivity contribution in [2.45, 2.75) is 12.5 Å². The van der Waals surface area contributed by atoms with E-state index in [2.05, 4.69) is 5.32 Å². The molecular weight excluding hydrogens is 312 g/mol. The molecule has 2 amide bonds. The first kappa shape index (κ1) is 15.6. The van der Waals surface area contributed by atoms with Gasteiger partial charge in [0.2, 0.25) is 11.8 Å². The highest BCUT2D eigenvalue weighted by Crippen LogP contribution is 2.37. The average Bonchev–Trinajstić information content (AvgIpc) is 2.84. The van der Waals surface area contributed by atoms with Crippen molar-refractivity contribution in [3.05, 3.63) is 65.2 Å². The summed E-state index contributed by atoms with van der Waals surface area (Å²) in [5.41, 5.74) is 1.60. The van der Waals surface area contributed by atoms with Gasteiger partial charge in [-0.2, -0.15) is 0 Å². The number of carbonyl (C=O) groups is 2. The molecule has 4 nitrogen and oxygen atoms in total. The van der Waals surface area contributed by atoms with Crippen molar-refractivity contribution in [3.8, 4) is 0 Å². The molecule has 3 rings (SSSR count). The van der Waals surface area contributed by atoms with Gasteiger partial charge in [-0.25, -0.2) is 0 Å². The Morgan fingerprint density at radius 2 is 1.91 bits per heavy atom. The Balaban J connectivity index is 1.84. The van der Waals surface area contributed by atoms with E-state index in [0.29, 0.717) is 10.7 Å². The van der Waals surface area contributed by atoms with Gasteiger partial charge in [0, 0.05) is 24.2 Å². The minimum absolute atomic E-state index is 0.0231. The van der Waals surface area contributed by atoms with Crippen LogP contribution in [0.5, 0.6) is 0 Å². The number of nitrogens with one attached hydrogen (secondary N) is 1. The van der Waals surface area contributed by atoms with Crippen molar-refractivity contribution in [1.82, 2.24) is 4.90 Å². The van der Waals surface area contributed by atoms with E-state index in [4.69, 9.17) is 11.6 Å².